The monoisotopic (exact) mass is 223 g/mol. The molecule has 2 heteroatoms. The van der Waals surface area contributed by atoms with Crippen molar-refractivity contribution in [1.82, 2.24) is 5.32 Å². The lowest BCUT2D eigenvalue weighted by atomic mass is 9.73. The molecule has 1 aliphatic rings. The minimum atomic E-state index is 0.769. The van der Waals surface area contributed by atoms with Gasteiger partial charge in [-0.05, 0) is 55.1 Å². The molecule has 0 saturated heterocycles. The first-order valence-electron chi connectivity index (χ1n) is 6.01. The van der Waals surface area contributed by atoms with Gasteiger partial charge in [-0.25, -0.2) is 0 Å². The SMILES string of the molecule is CC(C)CNCC1CCC1c1cccs1. The quantitative estimate of drug-likeness (QED) is 0.806. The molecule has 1 aromatic heterocycles. The summed E-state index contributed by atoms with van der Waals surface area (Å²) >= 11 is 1.92. The fourth-order valence-electron chi connectivity index (χ4n) is 2.25. The van der Waals surface area contributed by atoms with Crippen LogP contribution in [0.3, 0.4) is 0 Å². The van der Waals surface area contributed by atoms with E-state index in [-0.39, 0.29) is 0 Å². The molecule has 84 valence electrons. The fourth-order valence-corrected chi connectivity index (χ4v) is 3.20. The summed E-state index contributed by atoms with van der Waals surface area (Å²) in [6.07, 6.45) is 2.81. The Morgan fingerprint density at radius 3 is 2.87 bits per heavy atom. The molecule has 2 atom stereocenters. The number of hydrogen-bond acceptors (Lipinski definition) is 2. The second-order valence-corrected chi connectivity index (χ2v) is 5.99. The Bertz CT molecular complexity index is 279. The molecular weight excluding hydrogens is 202 g/mol. The Morgan fingerprint density at radius 1 is 1.47 bits per heavy atom. The number of thiophene rings is 1. The van der Waals surface area contributed by atoms with Crippen LogP contribution >= 0.6 is 11.3 Å². The van der Waals surface area contributed by atoms with Gasteiger partial charge in [-0.2, -0.15) is 0 Å². The molecule has 0 aliphatic heterocycles. The molecule has 2 rings (SSSR count). The Morgan fingerprint density at radius 2 is 2.33 bits per heavy atom. The van der Waals surface area contributed by atoms with Crippen molar-refractivity contribution in [3.05, 3.63) is 22.4 Å². The van der Waals surface area contributed by atoms with Gasteiger partial charge in [-0.15, -0.1) is 11.3 Å². The third-order valence-corrected chi connectivity index (χ3v) is 4.29. The molecule has 1 fully saturated rings. The molecular formula is C13H21NS. The average Bonchev–Trinajstić information content (AvgIpc) is 2.63. The lowest BCUT2D eigenvalue weighted by molar-refractivity contribution is 0.246. The lowest BCUT2D eigenvalue weighted by Crippen LogP contribution is -2.34. The zero-order valence-electron chi connectivity index (χ0n) is 9.70. The van der Waals surface area contributed by atoms with Crippen LogP contribution in [-0.2, 0) is 0 Å². The van der Waals surface area contributed by atoms with Crippen molar-refractivity contribution in [2.45, 2.75) is 32.6 Å². The van der Waals surface area contributed by atoms with Crippen molar-refractivity contribution in [3.8, 4) is 0 Å². The molecule has 1 heterocycles. The Labute approximate surface area is 96.9 Å². The van der Waals surface area contributed by atoms with E-state index in [1.54, 1.807) is 4.88 Å². The van der Waals surface area contributed by atoms with E-state index in [0.29, 0.717) is 0 Å². The van der Waals surface area contributed by atoms with Crippen LogP contribution < -0.4 is 5.32 Å². The van der Waals surface area contributed by atoms with E-state index < -0.39 is 0 Å². The van der Waals surface area contributed by atoms with Crippen molar-refractivity contribution in [3.63, 3.8) is 0 Å². The van der Waals surface area contributed by atoms with Gasteiger partial charge < -0.3 is 5.32 Å². The largest absolute Gasteiger partial charge is 0.316 e. The maximum atomic E-state index is 3.58. The predicted molar refractivity (Wildman–Crippen MR) is 67.5 cm³/mol. The van der Waals surface area contributed by atoms with Crippen molar-refractivity contribution in [2.75, 3.05) is 13.1 Å². The zero-order valence-corrected chi connectivity index (χ0v) is 10.5. The highest BCUT2D eigenvalue weighted by Gasteiger charge is 2.32. The smallest absolute Gasteiger partial charge is 0.00794 e. The van der Waals surface area contributed by atoms with Crippen LogP contribution in [0.2, 0.25) is 0 Å². The molecule has 0 radical (unpaired) electrons. The van der Waals surface area contributed by atoms with Gasteiger partial charge >= 0.3 is 0 Å². The summed E-state index contributed by atoms with van der Waals surface area (Å²) in [5, 5.41) is 5.78. The van der Waals surface area contributed by atoms with E-state index in [2.05, 4.69) is 36.7 Å². The molecule has 15 heavy (non-hydrogen) atoms. The standard InChI is InChI=1S/C13H21NS/c1-10(2)8-14-9-11-5-6-12(11)13-4-3-7-15-13/h3-4,7,10-12,14H,5-6,8-9H2,1-2H3. The van der Waals surface area contributed by atoms with Gasteiger partial charge in [-0.3, -0.25) is 0 Å². The average molecular weight is 223 g/mol. The minimum absolute atomic E-state index is 0.769. The fraction of sp³-hybridized carbons (Fsp3) is 0.692. The van der Waals surface area contributed by atoms with Crippen molar-refractivity contribution in [2.24, 2.45) is 11.8 Å². The van der Waals surface area contributed by atoms with E-state index in [1.807, 2.05) is 11.3 Å². The molecule has 1 N–H and O–H groups in total. The molecule has 1 nitrogen and oxygen atoms in total. The first-order chi connectivity index (χ1) is 7.27. The van der Waals surface area contributed by atoms with Gasteiger partial charge in [0.2, 0.25) is 0 Å². The van der Waals surface area contributed by atoms with E-state index in [1.165, 1.54) is 19.4 Å². The van der Waals surface area contributed by atoms with Crippen molar-refractivity contribution >= 4 is 11.3 Å². The Hall–Kier alpha value is -0.340. The highest BCUT2D eigenvalue weighted by molar-refractivity contribution is 7.10. The molecule has 0 aromatic carbocycles. The Kier molecular flexibility index (Phi) is 3.81. The van der Waals surface area contributed by atoms with Crippen molar-refractivity contribution in [1.29, 1.82) is 0 Å². The van der Waals surface area contributed by atoms with Crippen LogP contribution in [0.4, 0.5) is 0 Å². The number of hydrogen-bond donors (Lipinski definition) is 1. The normalized spacial score (nSPS) is 25.5. The summed E-state index contributed by atoms with van der Waals surface area (Å²) in [7, 11) is 0. The number of nitrogens with one attached hydrogen (secondary N) is 1. The highest BCUT2D eigenvalue weighted by Crippen LogP contribution is 2.43. The van der Waals surface area contributed by atoms with E-state index in [9.17, 15) is 0 Å². The van der Waals surface area contributed by atoms with Gasteiger partial charge in [0.1, 0.15) is 0 Å². The molecule has 0 spiro atoms. The molecule has 0 bridgehead atoms. The van der Waals surface area contributed by atoms with Crippen LogP contribution in [-0.4, -0.2) is 13.1 Å². The number of rotatable bonds is 5. The summed E-state index contributed by atoms with van der Waals surface area (Å²) in [5.74, 6) is 2.51. The van der Waals surface area contributed by atoms with Crippen molar-refractivity contribution < 1.29 is 0 Å². The van der Waals surface area contributed by atoms with Gasteiger partial charge in [0.15, 0.2) is 0 Å². The summed E-state index contributed by atoms with van der Waals surface area (Å²) < 4.78 is 0. The first-order valence-corrected chi connectivity index (χ1v) is 6.89. The second kappa shape index (κ2) is 5.13. The summed E-state index contributed by atoms with van der Waals surface area (Å²) in [4.78, 5) is 1.59. The zero-order chi connectivity index (χ0) is 10.7. The third kappa shape index (κ3) is 2.82. The third-order valence-electron chi connectivity index (χ3n) is 3.29. The molecule has 1 aromatic rings. The highest BCUT2D eigenvalue weighted by atomic mass is 32.1. The molecule has 1 aliphatic carbocycles. The maximum Gasteiger partial charge on any atom is 0.00794 e. The summed E-state index contributed by atoms with van der Waals surface area (Å²) in [6, 6.07) is 4.47. The van der Waals surface area contributed by atoms with Gasteiger partial charge in [0.05, 0.1) is 0 Å². The molecule has 2 unspecified atom stereocenters. The maximum absolute atomic E-state index is 3.58. The van der Waals surface area contributed by atoms with E-state index in [4.69, 9.17) is 0 Å². The predicted octanol–water partition coefficient (Wildman–Crippen LogP) is 3.49. The second-order valence-electron chi connectivity index (χ2n) is 5.01. The van der Waals surface area contributed by atoms with Crippen LogP contribution in [0.5, 0.6) is 0 Å². The van der Waals surface area contributed by atoms with Gasteiger partial charge in [0.25, 0.3) is 0 Å². The molecule has 1 saturated carbocycles. The molecule has 0 amide bonds. The van der Waals surface area contributed by atoms with Crippen LogP contribution in [0.25, 0.3) is 0 Å². The first kappa shape index (κ1) is 11.2. The van der Waals surface area contributed by atoms with Crippen LogP contribution in [0, 0.1) is 11.8 Å². The topological polar surface area (TPSA) is 12.0 Å². The minimum Gasteiger partial charge on any atom is -0.316 e. The lowest BCUT2D eigenvalue weighted by Gasteiger charge is -2.36. The summed E-state index contributed by atoms with van der Waals surface area (Å²) in [6.45, 7) is 6.91. The summed E-state index contributed by atoms with van der Waals surface area (Å²) in [5.41, 5.74) is 0. The van der Waals surface area contributed by atoms with Gasteiger partial charge in [0, 0.05) is 4.88 Å². The van der Waals surface area contributed by atoms with E-state index in [0.717, 1.165) is 24.3 Å². The van der Waals surface area contributed by atoms with Gasteiger partial charge in [-0.1, -0.05) is 19.9 Å². The van der Waals surface area contributed by atoms with E-state index >= 15 is 0 Å². The van der Waals surface area contributed by atoms with Crippen LogP contribution in [0.1, 0.15) is 37.5 Å². The Balaban J connectivity index is 1.75. The van der Waals surface area contributed by atoms with Crippen LogP contribution in [0.15, 0.2) is 17.5 Å².